The number of nitrogens with zero attached hydrogens (tertiary/aromatic N) is 2. The molecular weight excluding hydrogens is 471 g/mol. The predicted octanol–water partition coefficient (Wildman–Crippen LogP) is 5.91. The summed E-state index contributed by atoms with van der Waals surface area (Å²) in [6, 6.07) is 14.2. The summed E-state index contributed by atoms with van der Waals surface area (Å²) in [4.78, 5) is 8.18. The minimum atomic E-state index is -4.75. The number of hydrogen-bond acceptors (Lipinski definition) is 6. The Morgan fingerprint density at radius 2 is 1.88 bits per heavy atom. The number of para-hydroxylation sites is 1. The summed E-state index contributed by atoms with van der Waals surface area (Å²) in [7, 11) is 0. The Balaban J connectivity index is 1.61. The van der Waals surface area contributed by atoms with E-state index >= 15 is 0 Å². The lowest BCUT2D eigenvalue weighted by Crippen LogP contribution is -2.43. The van der Waals surface area contributed by atoms with Crippen molar-refractivity contribution in [1.29, 1.82) is 5.41 Å². The molecule has 5 nitrogen and oxygen atoms in total. The summed E-state index contributed by atoms with van der Waals surface area (Å²) in [5.41, 5.74) is 0.0200. The van der Waals surface area contributed by atoms with Crippen LogP contribution in [0.1, 0.15) is 4.88 Å². The van der Waals surface area contributed by atoms with E-state index in [0.29, 0.717) is 15.6 Å². The normalized spacial score (nSPS) is 14.9. The smallest absolute Gasteiger partial charge is 0.354 e. The molecule has 0 aliphatic carbocycles. The van der Waals surface area contributed by atoms with Crippen molar-refractivity contribution in [2.45, 2.75) is 6.18 Å². The summed E-state index contributed by atoms with van der Waals surface area (Å²) in [5.74, 6) is 0.900. The van der Waals surface area contributed by atoms with Gasteiger partial charge < -0.3 is 15.5 Å². The predicted molar refractivity (Wildman–Crippen MR) is 129 cm³/mol. The van der Waals surface area contributed by atoms with Crippen molar-refractivity contribution in [3.63, 3.8) is 0 Å². The second-order valence-corrected chi connectivity index (χ2v) is 8.87. The zero-order chi connectivity index (χ0) is 23.4. The molecule has 1 aliphatic rings. The minimum Gasteiger partial charge on any atom is -0.354 e. The van der Waals surface area contributed by atoms with E-state index in [0.717, 1.165) is 48.5 Å². The lowest BCUT2D eigenvalue weighted by Gasteiger charge is -2.28. The van der Waals surface area contributed by atoms with Crippen LogP contribution < -0.4 is 15.5 Å². The molecule has 3 aromatic rings. The van der Waals surface area contributed by atoms with Gasteiger partial charge in [0.05, 0.1) is 21.3 Å². The summed E-state index contributed by atoms with van der Waals surface area (Å²) < 4.78 is 39.2. The fourth-order valence-corrected chi connectivity index (χ4v) is 4.50. The van der Waals surface area contributed by atoms with E-state index in [1.54, 1.807) is 36.5 Å². The van der Waals surface area contributed by atoms with Crippen molar-refractivity contribution in [2.24, 2.45) is 0 Å². The van der Waals surface area contributed by atoms with Crippen LogP contribution in [0, 0.1) is 5.41 Å². The maximum atomic E-state index is 13.1. The first-order chi connectivity index (χ1) is 15.8. The lowest BCUT2D eigenvalue weighted by molar-refractivity contribution is -0.0583. The van der Waals surface area contributed by atoms with Crippen LogP contribution >= 0.6 is 22.9 Å². The molecule has 10 heteroatoms. The number of benzene rings is 1. The van der Waals surface area contributed by atoms with Crippen molar-refractivity contribution >= 4 is 45.9 Å². The minimum absolute atomic E-state index is 0.145. The van der Waals surface area contributed by atoms with Gasteiger partial charge in [0.25, 0.3) is 0 Å². The third kappa shape index (κ3) is 5.73. The van der Waals surface area contributed by atoms with E-state index in [1.807, 2.05) is 18.2 Å². The zero-order valence-corrected chi connectivity index (χ0v) is 19.0. The van der Waals surface area contributed by atoms with Gasteiger partial charge in [-0.2, -0.15) is 13.2 Å². The fraction of sp³-hybridized carbons (Fsp3) is 0.217. The van der Waals surface area contributed by atoms with E-state index in [1.165, 1.54) is 11.3 Å². The highest BCUT2D eigenvalue weighted by molar-refractivity contribution is 7.16. The highest BCUT2D eigenvalue weighted by atomic mass is 35.5. The summed E-state index contributed by atoms with van der Waals surface area (Å²) in [6.07, 6.45) is -2.20. The van der Waals surface area contributed by atoms with E-state index in [4.69, 9.17) is 17.0 Å². The molecule has 0 atom stereocenters. The van der Waals surface area contributed by atoms with Gasteiger partial charge in [0.15, 0.2) is 0 Å². The SMILES string of the molecule is N=C(/C=C(\Nc1ccccc1Cl)c1ccc(-c2ccc(N3CCNCC3)nc2)s1)C(F)(F)F. The number of anilines is 2. The third-order valence-electron chi connectivity index (χ3n) is 5.08. The van der Waals surface area contributed by atoms with Crippen LogP contribution in [0.4, 0.5) is 24.7 Å². The quantitative estimate of drug-likeness (QED) is 0.375. The van der Waals surface area contributed by atoms with Gasteiger partial charge in [-0.15, -0.1) is 11.3 Å². The molecule has 1 aliphatic heterocycles. The van der Waals surface area contributed by atoms with Crippen LogP contribution in [0.5, 0.6) is 0 Å². The Bertz CT molecular complexity index is 1150. The van der Waals surface area contributed by atoms with Gasteiger partial charge in [0.1, 0.15) is 11.5 Å². The molecule has 172 valence electrons. The molecular formula is C23H21ClF3N5S. The van der Waals surface area contributed by atoms with Gasteiger partial charge in [-0.3, -0.25) is 5.41 Å². The van der Waals surface area contributed by atoms with E-state index < -0.39 is 11.9 Å². The lowest BCUT2D eigenvalue weighted by atomic mass is 10.2. The molecule has 1 fully saturated rings. The first-order valence-electron chi connectivity index (χ1n) is 10.2. The number of aromatic nitrogens is 1. The van der Waals surface area contributed by atoms with Crippen molar-refractivity contribution in [2.75, 3.05) is 36.4 Å². The number of halogens is 4. The molecule has 0 amide bonds. The number of piperazine rings is 1. The van der Waals surface area contributed by atoms with Gasteiger partial charge in [0, 0.05) is 42.8 Å². The van der Waals surface area contributed by atoms with Crippen LogP contribution in [-0.4, -0.2) is 43.1 Å². The topological polar surface area (TPSA) is 64.0 Å². The van der Waals surface area contributed by atoms with Crippen molar-refractivity contribution in [3.05, 3.63) is 70.7 Å². The highest BCUT2D eigenvalue weighted by Gasteiger charge is 2.33. The molecule has 33 heavy (non-hydrogen) atoms. The number of allylic oxidation sites excluding steroid dienone is 1. The molecule has 3 heterocycles. The molecule has 0 spiro atoms. The van der Waals surface area contributed by atoms with E-state index in [-0.39, 0.29) is 5.70 Å². The summed E-state index contributed by atoms with van der Waals surface area (Å²) in [6.45, 7) is 3.61. The molecule has 1 saturated heterocycles. The van der Waals surface area contributed by atoms with E-state index in [9.17, 15) is 13.2 Å². The van der Waals surface area contributed by atoms with Gasteiger partial charge in [-0.25, -0.2) is 4.98 Å². The number of rotatable bonds is 6. The van der Waals surface area contributed by atoms with Crippen LogP contribution in [0.15, 0.2) is 60.8 Å². The van der Waals surface area contributed by atoms with Gasteiger partial charge in [-0.05, 0) is 42.5 Å². The molecule has 3 N–H and O–H groups in total. The largest absolute Gasteiger partial charge is 0.432 e. The monoisotopic (exact) mass is 491 g/mol. The number of nitrogens with one attached hydrogen (secondary N) is 3. The molecule has 2 aromatic heterocycles. The number of hydrogen-bond donors (Lipinski definition) is 3. The maximum absolute atomic E-state index is 13.1. The van der Waals surface area contributed by atoms with Gasteiger partial charge in [0.2, 0.25) is 0 Å². The zero-order valence-electron chi connectivity index (χ0n) is 17.4. The molecule has 0 saturated carbocycles. The van der Waals surface area contributed by atoms with Crippen LogP contribution in [0.2, 0.25) is 5.02 Å². The Kier molecular flexibility index (Phi) is 7.02. The Morgan fingerprint density at radius 3 is 2.55 bits per heavy atom. The molecule has 1 aromatic carbocycles. The highest BCUT2D eigenvalue weighted by Crippen LogP contribution is 2.34. The van der Waals surface area contributed by atoms with Gasteiger partial charge >= 0.3 is 6.18 Å². The standard InChI is InChI=1S/C23H21ClF3N5S/c24-16-3-1-2-4-17(16)31-18(13-21(28)23(25,26)27)20-7-6-19(33-20)15-5-8-22(30-14-15)32-11-9-29-10-12-32/h1-8,13-14,28-29,31H,9-12H2/b18-13-,28-21?. The summed E-state index contributed by atoms with van der Waals surface area (Å²) >= 11 is 7.50. The average Bonchev–Trinajstić information content (AvgIpc) is 3.30. The Labute approximate surface area is 198 Å². The second-order valence-electron chi connectivity index (χ2n) is 7.38. The second kappa shape index (κ2) is 9.94. The van der Waals surface area contributed by atoms with E-state index in [2.05, 4.69) is 20.5 Å². The average molecular weight is 492 g/mol. The Morgan fingerprint density at radius 1 is 1.12 bits per heavy atom. The number of pyridine rings is 1. The van der Waals surface area contributed by atoms with Crippen LogP contribution in [0.25, 0.3) is 16.1 Å². The molecule has 0 radical (unpaired) electrons. The molecule has 0 unspecified atom stereocenters. The molecule has 0 bridgehead atoms. The first kappa shape index (κ1) is 23.3. The number of thiophene rings is 1. The fourth-order valence-electron chi connectivity index (χ4n) is 3.35. The van der Waals surface area contributed by atoms with Crippen molar-refractivity contribution in [3.8, 4) is 10.4 Å². The van der Waals surface area contributed by atoms with Crippen LogP contribution in [-0.2, 0) is 0 Å². The Hall–Kier alpha value is -2.88. The third-order valence-corrected chi connectivity index (χ3v) is 6.58. The van der Waals surface area contributed by atoms with Crippen LogP contribution in [0.3, 0.4) is 0 Å². The van der Waals surface area contributed by atoms with Crippen molar-refractivity contribution in [1.82, 2.24) is 10.3 Å². The van der Waals surface area contributed by atoms with Crippen molar-refractivity contribution < 1.29 is 13.2 Å². The maximum Gasteiger partial charge on any atom is 0.432 e. The first-order valence-corrected chi connectivity index (χ1v) is 11.4. The number of alkyl halides is 3. The molecule has 4 rings (SSSR count). The summed E-state index contributed by atoms with van der Waals surface area (Å²) in [5, 5.41) is 14.1. The van der Waals surface area contributed by atoms with Gasteiger partial charge in [-0.1, -0.05) is 23.7 Å².